The molecule has 0 aliphatic heterocycles. The molecule has 1 rings (SSSR count). The number of nitrogens with two attached hydrogens (primary N) is 1. The lowest BCUT2D eigenvalue weighted by atomic mass is 10.7. The highest BCUT2D eigenvalue weighted by atomic mass is 32.2. The molecule has 2 N–H and O–H groups in total. The second-order valence-corrected chi connectivity index (χ2v) is 2.85. The van der Waals surface area contributed by atoms with Gasteiger partial charge in [0.15, 0.2) is 5.82 Å². The van der Waals surface area contributed by atoms with Crippen molar-refractivity contribution in [1.29, 1.82) is 0 Å². The molecule has 0 aliphatic carbocycles. The molecule has 0 radical (unpaired) electrons. The number of thioether (sulfide) groups is 1. The molecule has 7 heteroatoms. The lowest BCUT2D eigenvalue weighted by molar-refractivity contribution is -0.0329. The van der Waals surface area contributed by atoms with Crippen LogP contribution in [0, 0.1) is 0 Å². The van der Waals surface area contributed by atoms with Crippen molar-refractivity contribution in [2.24, 2.45) is 0 Å². The van der Waals surface area contributed by atoms with Crippen molar-refractivity contribution in [2.75, 3.05) is 5.73 Å². The van der Waals surface area contributed by atoms with E-state index in [0.29, 0.717) is 0 Å². The number of hydrogen-bond donors (Lipinski definition) is 1. The van der Waals surface area contributed by atoms with Gasteiger partial charge in [-0.2, -0.15) is 13.2 Å². The summed E-state index contributed by atoms with van der Waals surface area (Å²) in [5.41, 5.74) is 0.762. The van der Waals surface area contributed by atoms with Gasteiger partial charge in [0.05, 0.1) is 0 Å². The molecule has 3 nitrogen and oxygen atoms in total. The minimum absolute atomic E-state index is 0.208. The van der Waals surface area contributed by atoms with Crippen molar-refractivity contribution in [3.63, 3.8) is 0 Å². The summed E-state index contributed by atoms with van der Waals surface area (Å²) in [7, 11) is 0. The summed E-state index contributed by atoms with van der Waals surface area (Å²) in [5, 5.41) is -0.315. The molecule has 0 spiro atoms. The molecule has 0 saturated heterocycles. The zero-order valence-corrected chi connectivity index (χ0v) is 6.49. The number of nitrogen functional groups attached to an aromatic ring is 1. The first kappa shape index (κ1) is 9.11. The van der Waals surface area contributed by atoms with E-state index in [9.17, 15) is 13.2 Å². The van der Waals surface area contributed by atoms with Crippen LogP contribution < -0.4 is 5.73 Å². The van der Waals surface area contributed by atoms with Gasteiger partial charge in [0, 0.05) is 24.2 Å². The van der Waals surface area contributed by atoms with Gasteiger partial charge in [-0.1, -0.05) is 0 Å². The van der Waals surface area contributed by atoms with E-state index in [-0.39, 0.29) is 22.6 Å². The molecular formula is C5H4F3N3S. The third-order valence-electron chi connectivity index (χ3n) is 0.904. The standard InChI is InChI=1S/C5H4F3N3S/c6-5(7,8)12-4-3(9)10-1-2-11-4/h1-2H,(H2,9,10). The molecule has 0 saturated carbocycles. The molecule has 1 aromatic heterocycles. The summed E-state index contributed by atoms with van der Waals surface area (Å²) in [6.45, 7) is 0. The van der Waals surface area contributed by atoms with Gasteiger partial charge in [0.2, 0.25) is 0 Å². The molecule has 1 aromatic rings. The number of aromatic nitrogens is 2. The fourth-order valence-electron chi connectivity index (χ4n) is 0.524. The van der Waals surface area contributed by atoms with Crippen LogP contribution >= 0.6 is 11.8 Å². The van der Waals surface area contributed by atoms with E-state index >= 15 is 0 Å². The highest BCUT2D eigenvalue weighted by molar-refractivity contribution is 8.00. The molecule has 12 heavy (non-hydrogen) atoms. The number of halogens is 3. The van der Waals surface area contributed by atoms with Gasteiger partial charge in [-0.25, -0.2) is 9.97 Å². The zero-order valence-electron chi connectivity index (χ0n) is 5.67. The van der Waals surface area contributed by atoms with Gasteiger partial charge in [-0.15, -0.1) is 0 Å². The fraction of sp³-hybridized carbons (Fsp3) is 0.200. The Hall–Kier alpha value is -0.980. The van der Waals surface area contributed by atoms with Gasteiger partial charge in [-0.05, 0) is 0 Å². The normalized spacial score (nSPS) is 11.6. The summed E-state index contributed by atoms with van der Waals surface area (Å²) in [6.07, 6.45) is 2.39. The van der Waals surface area contributed by atoms with Gasteiger partial charge in [0.25, 0.3) is 0 Å². The molecular weight excluding hydrogens is 191 g/mol. The van der Waals surface area contributed by atoms with E-state index in [4.69, 9.17) is 5.73 Å². The summed E-state index contributed by atoms with van der Waals surface area (Å²) in [5.74, 6) is -0.208. The number of rotatable bonds is 1. The molecule has 0 atom stereocenters. The average molecular weight is 195 g/mol. The number of hydrogen-bond acceptors (Lipinski definition) is 4. The topological polar surface area (TPSA) is 51.8 Å². The van der Waals surface area contributed by atoms with Crippen LogP contribution in [-0.4, -0.2) is 15.5 Å². The van der Waals surface area contributed by atoms with E-state index < -0.39 is 5.51 Å². The Balaban J connectivity index is 2.83. The SMILES string of the molecule is Nc1nccnc1SC(F)(F)F. The predicted molar refractivity (Wildman–Crippen MR) is 38.4 cm³/mol. The van der Waals surface area contributed by atoms with Crippen LogP contribution in [0.5, 0.6) is 0 Å². The second-order valence-electron chi connectivity index (χ2n) is 1.79. The maximum atomic E-state index is 11.8. The molecule has 0 bridgehead atoms. The highest BCUT2D eigenvalue weighted by Crippen LogP contribution is 2.37. The van der Waals surface area contributed by atoms with E-state index in [2.05, 4.69) is 9.97 Å². The van der Waals surface area contributed by atoms with Crippen molar-refractivity contribution in [2.45, 2.75) is 10.5 Å². The van der Waals surface area contributed by atoms with Crippen LogP contribution in [0.25, 0.3) is 0 Å². The van der Waals surface area contributed by atoms with E-state index in [1.54, 1.807) is 0 Å². The van der Waals surface area contributed by atoms with E-state index in [0.717, 1.165) is 6.20 Å². The largest absolute Gasteiger partial charge is 0.447 e. The third-order valence-corrected chi connectivity index (χ3v) is 1.64. The smallest absolute Gasteiger partial charge is 0.381 e. The Kier molecular flexibility index (Phi) is 2.41. The third kappa shape index (κ3) is 2.57. The van der Waals surface area contributed by atoms with E-state index in [1.807, 2.05) is 0 Å². The van der Waals surface area contributed by atoms with Crippen LogP contribution in [0.15, 0.2) is 17.4 Å². The summed E-state index contributed by atoms with van der Waals surface area (Å²) in [4.78, 5) is 6.88. The Morgan fingerprint density at radius 3 is 2.33 bits per heavy atom. The van der Waals surface area contributed by atoms with Crippen LogP contribution in [0.3, 0.4) is 0 Å². The molecule has 0 unspecified atom stereocenters. The monoisotopic (exact) mass is 195 g/mol. The first-order valence-electron chi connectivity index (χ1n) is 2.81. The van der Waals surface area contributed by atoms with Gasteiger partial charge >= 0.3 is 5.51 Å². The molecule has 0 amide bonds. The lowest BCUT2D eigenvalue weighted by Gasteiger charge is -2.04. The quantitative estimate of drug-likeness (QED) is 0.692. The van der Waals surface area contributed by atoms with Gasteiger partial charge < -0.3 is 5.73 Å². The number of anilines is 1. The van der Waals surface area contributed by atoms with Crippen molar-refractivity contribution in [3.05, 3.63) is 12.4 Å². The average Bonchev–Trinajstić information content (AvgIpc) is 1.91. The molecule has 0 fully saturated rings. The van der Waals surface area contributed by atoms with Crippen LogP contribution in [0.1, 0.15) is 0 Å². The summed E-state index contributed by atoms with van der Waals surface area (Å²) < 4.78 is 35.3. The molecule has 0 aromatic carbocycles. The zero-order chi connectivity index (χ0) is 9.19. The fourth-order valence-corrected chi connectivity index (χ4v) is 1.01. The first-order chi connectivity index (χ1) is 5.49. The molecule has 0 aliphatic rings. The van der Waals surface area contributed by atoms with E-state index in [1.165, 1.54) is 6.20 Å². The maximum absolute atomic E-state index is 11.8. The highest BCUT2D eigenvalue weighted by Gasteiger charge is 2.31. The molecule has 1 heterocycles. The van der Waals surface area contributed by atoms with Crippen LogP contribution in [0.4, 0.5) is 19.0 Å². The van der Waals surface area contributed by atoms with Gasteiger partial charge in [0.1, 0.15) is 5.03 Å². The predicted octanol–water partition coefficient (Wildman–Crippen LogP) is 1.67. The Bertz CT molecular complexity index is 275. The Morgan fingerprint density at radius 2 is 1.83 bits per heavy atom. The van der Waals surface area contributed by atoms with Crippen LogP contribution in [0.2, 0.25) is 0 Å². The Morgan fingerprint density at radius 1 is 1.25 bits per heavy atom. The number of nitrogens with zero attached hydrogens (tertiary/aromatic N) is 2. The summed E-state index contributed by atoms with van der Waals surface area (Å²) >= 11 is -0.371. The maximum Gasteiger partial charge on any atom is 0.447 e. The number of alkyl halides is 3. The minimum Gasteiger partial charge on any atom is -0.381 e. The van der Waals surface area contributed by atoms with Crippen LogP contribution in [-0.2, 0) is 0 Å². The van der Waals surface area contributed by atoms with Crippen molar-refractivity contribution >= 4 is 17.6 Å². The Labute approximate surface area is 70.2 Å². The van der Waals surface area contributed by atoms with Crippen molar-refractivity contribution < 1.29 is 13.2 Å². The summed E-state index contributed by atoms with van der Waals surface area (Å²) in [6, 6.07) is 0. The van der Waals surface area contributed by atoms with Crippen molar-refractivity contribution in [1.82, 2.24) is 9.97 Å². The van der Waals surface area contributed by atoms with Gasteiger partial charge in [-0.3, -0.25) is 0 Å². The molecule has 66 valence electrons. The first-order valence-corrected chi connectivity index (χ1v) is 3.63. The van der Waals surface area contributed by atoms with Crippen molar-refractivity contribution in [3.8, 4) is 0 Å². The lowest BCUT2D eigenvalue weighted by Crippen LogP contribution is -2.03. The second kappa shape index (κ2) is 3.18. The minimum atomic E-state index is -4.37.